The Morgan fingerprint density at radius 1 is 0.723 bits per heavy atom. The first-order valence-electron chi connectivity index (χ1n) is 14.1. The van der Waals surface area contributed by atoms with Gasteiger partial charge in [-0.25, -0.2) is 9.59 Å². The molecule has 0 amide bonds. The van der Waals surface area contributed by atoms with E-state index in [1.807, 2.05) is 0 Å². The summed E-state index contributed by atoms with van der Waals surface area (Å²) in [6.45, 7) is 3.59. The van der Waals surface area contributed by atoms with Crippen LogP contribution in [0.25, 0.3) is 0 Å². The van der Waals surface area contributed by atoms with Gasteiger partial charge in [-0.15, -0.1) is 0 Å². The minimum Gasteiger partial charge on any atom is -0.466 e. The van der Waals surface area contributed by atoms with Crippen molar-refractivity contribution in [1.82, 2.24) is 0 Å². The van der Waals surface area contributed by atoms with Crippen molar-refractivity contribution in [1.29, 1.82) is 0 Å². The third-order valence-electron chi connectivity index (χ3n) is 6.40. The molecule has 0 N–H and O–H groups in total. The van der Waals surface area contributed by atoms with Crippen LogP contribution in [0.5, 0.6) is 17.2 Å². The van der Waals surface area contributed by atoms with Gasteiger partial charge in [0.05, 0.1) is 12.7 Å². The fourth-order valence-corrected chi connectivity index (χ4v) is 5.79. The molecule has 0 aliphatic heterocycles. The highest BCUT2D eigenvalue weighted by atomic mass is 32.2. The molecule has 47 heavy (non-hydrogen) atoms. The van der Waals surface area contributed by atoms with E-state index in [1.165, 1.54) is 42.6 Å². The van der Waals surface area contributed by atoms with Gasteiger partial charge in [-0.1, -0.05) is 58.7 Å². The fraction of sp³-hybridized carbons (Fsp3) is 0.182. The van der Waals surface area contributed by atoms with E-state index in [4.69, 9.17) is 22.7 Å². The second kappa shape index (κ2) is 15.4. The minimum absolute atomic E-state index is 0.000788. The van der Waals surface area contributed by atoms with E-state index >= 15 is 0 Å². The zero-order chi connectivity index (χ0) is 34.0. The topological polar surface area (TPSA) is 161 Å². The van der Waals surface area contributed by atoms with E-state index in [2.05, 4.69) is 5.16 Å². The predicted molar refractivity (Wildman–Crippen MR) is 170 cm³/mol. The zero-order valence-electron chi connectivity index (χ0n) is 25.6. The van der Waals surface area contributed by atoms with Crippen molar-refractivity contribution in [2.24, 2.45) is 5.16 Å². The highest BCUT2D eigenvalue weighted by Gasteiger charge is 2.24. The molecule has 12 nitrogen and oxygen atoms in total. The SMILES string of the molecule is COC(=O)[C@H](CC/C=N/Oc1cc(OS(=O)(=O)c2ccc(C)cc2)cc(OS(=O)(=O)c2ccc(C)cc2)c1)OC(=O)c1ccccc1. The van der Waals surface area contributed by atoms with Crippen LogP contribution in [-0.2, 0) is 34.5 Å². The van der Waals surface area contributed by atoms with Crippen LogP contribution in [0.2, 0.25) is 0 Å². The van der Waals surface area contributed by atoms with Crippen LogP contribution in [0, 0.1) is 13.8 Å². The van der Waals surface area contributed by atoms with E-state index in [0.29, 0.717) is 0 Å². The molecular formula is C33H31NO11S2. The first kappa shape index (κ1) is 34.7. The molecule has 14 heteroatoms. The standard InChI is InChI=1S/C33H31NO11S2/c1-23-11-15-29(16-12-23)46(37,38)44-27-20-26(21-28(22-27)45-47(39,40)30-17-13-24(2)14-18-30)43-34-19-7-10-31(33(36)41-3)42-32(35)25-8-5-4-6-9-25/h4-6,8-9,11-22,31H,7,10H2,1-3H3/b34-19+/t31-/m0/s1. The third-order valence-corrected chi connectivity index (χ3v) is 8.92. The average molecular weight is 682 g/mol. The average Bonchev–Trinajstić information content (AvgIpc) is 3.04. The van der Waals surface area contributed by atoms with Crippen LogP contribution in [-0.4, -0.2) is 48.2 Å². The van der Waals surface area contributed by atoms with Crippen molar-refractivity contribution in [3.8, 4) is 17.2 Å². The van der Waals surface area contributed by atoms with Gasteiger partial charge >= 0.3 is 32.2 Å². The first-order valence-corrected chi connectivity index (χ1v) is 16.9. The second-order valence-electron chi connectivity index (χ2n) is 10.1. The van der Waals surface area contributed by atoms with Gasteiger partial charge in [0.1, 0.15) is 9.79 Å². The molecule has 0 saturated carbocycles. The summed E-state index contributed by atoms with van der Waals surface area (Å²) in [6, 6.07) is 23.4. The molecule has 0 heterocycles. The summed E-state index contributed by atoms with van der Waals surface area (Å²) >= 11 is 0. The van der Waals surface area contributed by atoms with Gasteiger partial charge in [0.25, 0.3) is 0 Å². The lowest BCUT2D eigenvalue weighted by Gasteiger charge is -2.14. The monoisotopic (exact) mass is 681 g/mol. The van der Waals surface area contributed by atoms with Crippen molar-refractivity contribution >= 4 is 38.4 Å². The van der Waals surface area contributed by atoms with Gasteiger partial charge in [-0.3, -0.25) is 0 Å². The smallest absolute Gasteiger partial charge is 0.347 e. The molecule has 246 valence electrons. The van der Waals surface area contributed by atoms with E-state index in [0.717, 1.165) is 24.3 Å². The summed E-state index contributed by atoms with van der Waals surface area (Å²) < 4.78 is 72.4. The maximum Gasteiger partial charge on any atom is 0.347 e. The Labute approximate surface area is 272 Å². The minimum atomic E-state index is -4.33. The Morgan fingerprint density at radius 2 is 1.21 bits per heavy atom. The number of benzene rings is 4. The number of ether oxygens (including phenoxy) is 2. The van der Waals surface area contributed by atoms with Crippen LogP contribution < -0.4 is 13.2 Å². The van der Waals surface area contributed by atoms with Crippen LogP contribution in [0.4, 0.5) is 0 Å². The van der Waals surface area contributed by atoms with Gasteiger partial charge < -0.3 is 22.7 Å². The van der Waals surface area contributed by atoms with Gasteiger partial charge in [0.15, 0.2) is 23.4 Å². The first-order chi connectivity index (χ1) is 22.4. The van der Waals surface area contributed by atoms with Crippen LogP contribution in [0.15, 0.2) is 112 Å². The van der Waals surface area contributed by atoms with Crippen LogP contribution in [0.3, 0.4) is 0 Å². The Kier molecular flexibility index (Phi) is 11.3. The third kappa shape index (κ3) is 9.89. The molecule has 0 radical (unpaired) electrons. The van der Waals surface area contributed by atoms with Gasteiger partial charge in [0.2, 0.25) is 0 Å². The molecule has 0 fully saturated rings. The number of hydrogen-bond donors (Lipinski definition) is 0. The summed E-state index contributed by atoms with van der Waals surface area (Å²) in [6.07, 6.45) is 0.131. The number of aryl methyl sites for hydroxylation is 2. The normalized spacial score (nSPS) is 12.2. The van der Waals surface area contributed by atoms with Crippen molar-refractivity contribution in [3.05, 3.63) is 114 Å². The number of carbonyl (C=O) groups excluding carboxylic acids is 2. The number of hydrogen-bond acceptors (Lipinski definition) is 12. The molecule has 0 aliphatic rings. The second-order valence-corrected chi connectivity index (χ2v) is 13.2. The Morgan fingerprint density at radius 3 is 1.70 bits per heavy atom. The zero-order valence-corrected chi connectivity index (χ0v) is 27.2. The molecule has 0 saturated heterocycles. The lowest BCUT2D eigenvalue weighted by Crippen LogP contribution is -2.28. The van der Waals surface area contributed by atoms with Crippen LogP contribution in [0.1, 0.15) is 34.3 Å². The maximum absolute atomic E-state index is 13.0. The largest absolute Gasteiger partial charge is 0.466 e. The van der Waals surface area contributed by atoms with Gasteiger partial charge in [-0.05, 0) is 56.7 Å². The molecule has 0 aliphatic carbocycles. The molecule has 0 bridgehead atoms. The summed E-state index contributed by atoms with van der Waals surface area (Å²) in [7, 11) is -7.49. The van der Waals surface area contributed by atoms with E-state index in [9.17, 15) is 26.4 Å². The number of methoxy groups -OCH3 is 1. The summed E-state index contributed by atoms with van der Waals surface area (Å²) in [5, 5.41) is 3.82. The summed E-state index contributed by atoms with van der Waals surface area (Å²) in [4.78, 5) is 29.7. The number of carbonyl (C=O) groups is 2. The number of esters is 2. The molecule has 4 aromatic carbocycles. The lowest BCUT2D eigenvalue weighted by atomic mass is 10.2. The quantitative estimate of drug-likeness (QED) is 0.0727. The van der Waals surface area contributed by atoms with Gasteiger partial charge in [-0.2, -0.15) is 16.8 Å². The molecule has 0 unspecified atom stereocenters. The Hall–Kier alpha value is -5.21. The van der Waals surface area contributed by atoms with Crippen molar-refractivity contribution < 1.29 is 49.1 Å². The molecule has 0 spiro atoms. The maximum atomic E-state index is 13.0. The van der Waals surface area contributed by atoms with Gasteiger partial charge in [0, 0.05) is 30.8 Å². The molecule has 4 aromatic rings. The Bertz CT molecular complexity index is 1850. The number of oxime groups is 1. The highest BCUT2D eigenvalue weighted by molar-refractivity contribution is 7.87. The predicted octanol–water partition coefficient (Wildman–Crippen LogP) is 5.38. The van der Waals surface area contributed by atoms with Crippen molar-refractivity contribution in [2.75, 3.05) is 7.11 Å². The molecular weight excluding hydrogens is 650 g/mol. The highest BCUT2D eigenvalue weighted by Crippen LogP contribution is 2.32. The Balaban J connectivity index is 1.52. The lowest BCUT2D eigenvalue weighted by molar-refractivity contribution is -0.151. The number of rotatable bonds is 14. The van der Waals surface area contributed by atoms with Crippen LogP contribution >= 0.6 is 0 Å². The van der Waals surface area contributed by atoms with Crippen molar-refractivity contribution in [3.63, 3.8) is 0 Å². The summed E-state index contributed by atoms with van der Waals surface area (Å²) in [5.74, 6) is -2.23. The number of nitrogens with zero attached hydrogens (tertiary/aromatic N) is 1. The van der Waals surface area contributed by atoms with E-state index in [1.54, 1.807) is 68.4 Å². The molecule has 4 rings (SSSR count). The fourth-order valence-electron chi connectivity index (χ4n) is 3.96. The van der Waals surface area contributed by atoms with E-state index in [-0.39, 0.29) is 45.4 Å². The molecule has 1 atom stereocenters. The van der Waals surface area contributed by atoms with Crippen molar-refractivity contribution in [2.45, 2.75) is 42.6 Å². The van der Waals surface area contributed by atoms with E-state index < -0.39 is 38.3 Å². The summed E-state index contributed by atoms with van der Waals surface area (Å²) in [5.41, 5.74) is 1.93. The molecule has 0 aromatic heterocycles.